The van der Waals surface area contributed by atoms with E-state index in [0.717, 1.165) is 13.1 Å². The molecular weight excluding hydrogens is 168 g/mol. The molecule has 4 nitrogen and oxygen atoms in total. The lowest BCUT2D eigenvalue weighted by Gasteiger charge is -2.38. The Bertz CT molecular complexity index is 184. The Hall–Kier alpha value is -0.610. The molecule has 1 rings (SSSR count). The summed E-state index contributed by atoms with van der Waals surface area (Å²) in [6, 6.07) is 0.631. The Morgan fingerprint density at radius 1 is 1.62 bits per heavy atom. The van der Waals surface area contributed by atoms with Crippen LogP contribution in [0.4, 0.5) is 0 Å². The molecular formula is C9H18N2O2. The fourth-order valence-corrected chi connectivity index (χ4v) is 1.61. The third kappa shape index (κ3) is 2.42. The first-order valence-electron chi connectivity index (χ1n) is 4.68. The third-order valence-electron chi connectivity index (χ3n) is 2.62. The summed E-state index contributed by atoms with van der Waals surface area (Å²) >= 11 is 0. The molecule has 1 aliphatic heterocycles. The summed E-state index contributed by atoms with van der Waals surface area (Å²) in [5.41, 5.74) is 0. The van der Waals surface area contributed by atoms with Gasteiger partial charge in [-0.3, -0.25) is 4.79 Å². The van der Waals surface area contributed by atoms with E-state index < -0.39 is 0 Å². The molecule has 4 heteroatoms. The summed E-state index contributed by atoms with van der Waals surface area (Å²) in [7, 11) is 1.55. The minimum Gasteiger partial charge on any atom is -0.375 e. The van der Waals surface area contributed by atoms with E-state index in [4.69, 9.17) is 4.74 Å². The number of rotatable bonds is 2. The number of carbonyl (C=O) groups excluding carboxylic acids is 1. The number of hydrogen-bond donors (Lipinski definition) is 1. The Kier molecular flexibility index (Phi) is 3.69. The highest BCUT2D eigenvalue weighted by molar-refractivity contribution is 5.78. The molecule has 0 radical (unpaired) electrons. The fourth-order valence-electron chi connectivity index (χ4n) is 1.61. The maximum atomic E-state index is 11.5. The van der Waals surface area contributed by atoms with Crippen molar-refractivity contribution in [3.8, 4) is 0 Å². The third-order valence-corrected chi connectivity index (χ3v) is 2.62. The zero-order valence-corrected chi connectivity index (χ0v) is 8.54. The number of amides is 1. The van der Waals surface area contributed by atoms with Gasteiger partial charge in [0, 0.05) is 32.3 Å². The number of nitrogens with zero attached hydrogens (tertiary/aromatic N) is 1. The number of methoxy groups -OCH3 is 1. The topological polar surface area (TPSA) is 41.6 Å². The Labute approximate surface area is 79.2 Å². The van der Waals surface area contributed by atoms with Crippen LogP contribution in [0.3, 0.4) is 0 Å². The molecule has 76 valence electrons. The van der Waals surface area contributed by atoms with Gasteiger partial charge in [-0.15, -0.1) is 0 Å². The second kappa shape index (κ2) is 4.58. The van der Waals surface area contributed by atoms with Gasteiger partial charge in [0.25, 0.3) is 0 Å². The van der Waals surface area contributed by atoms with Crippen molar-refractivity contribution >= 4 is 5.91 Å². The van der Waals surface area contributed by atoms with Crippen molar-refractivity contribution < 1.29 is 9.53 Å². The van der Waals surface area contributed by atoms with Gasteiger partial charge in [-0.2, -0.15) is 0 Å². The van der Waals surface area contributed by atoms with Crippen molar-refractivity contribution in [3.05, 3.63) is 0 Å². The van der Waals surface area contributed by atoms with Crippen molar-refractivity contribution in [2.24, 2.45) is 0 Å². The van der Waals surface area contributed by atoms with Gasteiger partial charge >= 0.3 is 0 Å². The van der Waals surface area contributed by atoms with Crippen LogP contribution in [0, 0.1) is 0 Å². The number of hydrogen-bond acceptors (Lipinski definition) is 3. The summed E-state index contributed by atoms with van der Waals surface area (Å²) < 4.78 is 4.83. The van der Waals surface area contributed by atoms with Crippen LogP contribution in [-0.4, -0.2) is 49.7 Å². The van der Waals surface area contributed by atoms with Gasteiger partial charge in [0.2, 0.25) is 5.91 Å². The van der Waals surface area contributed by atoms with Crippen molar-refractivity contribution in [2.45, 2.75) is 25.9 Å². The maximum Gasteiger partial charge on any atom is 0.248 e. The minimum atomic E-state index is 0.0864. The fraction of sp³-hybridized carbons (Fsp3) is 0.889. The molecule has 2 unspecified atom stereocenters. The van der Waals surface area contributed by atoms with Gasteiger partial charge in [-0.25, -0.2) is 0 Å². The zero-order chi connectivity index (χ0) is 9.84. The van der Waals surface area contributed by atoms with E-state index >= 15 is 0 Å². The molecule has 13 heavy (non-hydrogen) atoms. The maximum absolute atomic E-state index is 11.5. The first-order valence-corrected chi connectivity index (χ1v) is 4.68. The largest absolute Gasteiger partial charge is 0.375 e. The van der Waals surface area contributed by atoms with E-state index in [2.05, 4.69) is 19.2 Å². The van der Waals surface area contributed by atoms with Gasteiger partial charge in [-0.05, 0) is 13.8 Å². The van der Waals surface area contributed by atoms with Gasteiger partial charge in [-0.1, -0.05) is 0 Å². The number of piperazine rings is 1. The number of ether oxygens (including phenoxy) is 1. The molecule has 1 N–H and O–H groups in total. The first-order chi connectivity index (χ1) is 6.16. The van der Waals surface area contributed by atoms with Gasteiger partial charge in [0.05, 0.1) is 0 Å². The summed E-state index contributed by atoms with van der Waals surface area (Å²) in [6.07, 6.45) is 0. The van der Waals surface area contributed by atoms with E-state index in [9.17, 15) is 4.79 Å². The van der Waals surface area contributed by atoms with Crippen LogP contribution >= 0.6 is 0 Å². The Balaban J connectivity index is 2.52. The normalized spacial score (nSPS) is 29.0. The van der Waals surface area contributed by atoms with E-state index in [1.807, 2.05) is 4.90 Å². The minimum absolute atomic E-state index is 0.0864. The average Bonchev–Trinajstić information content (AvgIpc) is 2.10. The molecule has 0 bridgehead atoms. The zero-order valence-electron chi connectivity index (χ0n) is 8.54. The Morgan fingerprint density at radius 2 is 2.31 bits per heavy atom. The van der Waals surface area contributed by atoms with Crippen molar-refractivity contribution in [3.63, 3.8) is 0 Å². The number of carbonyl (C=O) groups is 1. The predicted molar refractivity (Wildman–Crippen MR) is 50.5 cm³/mol. The number of nitrogens with one attached hydrogen (secondary N) is 1. The van der Waals surface area contributed by atoms with Crippen LogP contribution in [-0.2, 0) is 9.53 Å². The lowest BCUT2D eigenvalue weighted by atomic mass is 10.1. The molecule has 1 amide bonds. The summed E-state index contributed by atoms with van der Waals surface area (Å²) in [5, 5.41) is 3.32. The first kappa shape index (κ1) is 10.5. The molecule has 1 saturated heterocycles. The summed E-state index contributed by atoms with van der Waals surface area (Å²) in [4.78, 5) is 13.4. The highest BCUT2D eigenvalue weighted by Gasteiger charge is 2.27. The van der Waals surface area contributed by atoms with E-state index in [-0.39, 0.29) is 18.6 Å². The van der Waals surface area contributed by atoms with E-state index in [1.54, 1.807) is 7.11 Å². The predicted octanol–water partition coefficient (Wildman–Crippen LogP) is -0.158. The smallest absolute Gasteiger partial charge is 0.248 e. The van der Waals surface area contributed by atoms with E-state index in [1.165, 1.54) is 0 Å². The standard InChI is InChI=1S/C9H18N2O2/c1-7-8(2)11(5-4-10-7)9(12)6-13-3/h7-8,10H,4-6H2,1-3H3. The lowest BCUT2D eigenvalue weighted by molar-refractivity contribution is -0.138. The monoisotopic (exact) mass is 186 g/mol. The molecule has 0 aromatic carbocycles. The average molecular weight is 186 g/mol. The van der Waals surface area contributed by atoms with Crippen LogP contribution in [0.25, 0.3) is 0 Å². The lowest BCUT2D eigenvalue weighted by Crippen LogP contribution is -2.57. The van der Waals surface area contributed by atoms with Crippen molar-refractivity contribution in [2.75, 3.05) is 26.8 Å². The summed E-state index contributed by atoms with van der Waals surface area (Å²) in [5.74, 6) is 0.0864. The molecule has 1 aliphatic rings. The van der Waals surface area contributed by atoms with E-state index in [0.29, 0.717) is 6.04 Å². The van der Waals surface area contributed by atoms with Crippen molar-refractivity contribution in [1.82, 2.24) is 10.2 Å². The molecule has 0 saturated carbocycles. The van der Waals surface area contributed by atoms with Crippen LogP contribution in [0.5, 0.6) is 0 Å². The molecule has 1 heterocycles. The highest BCUT2D eigenvalue weighted by Crippen LogP contribution is 2.08. The highest BCUT2D eigenvalue weighted by atomic mass is 16.5. The molecule has 1 fully saturated rings. The molecule has 0 spiro atoms. The molecule has 0 aromatic heterocycles. The van der Waals surface area contributed by atoms with Crippen LogP contribution < -0.4 is 5.32 Å². The van der Waals surface area contributed by atoms with Gasteiger partial charge in [0.1, 0.15) is 6.61 Å². The van der Waals surface area contributed by atoms with Crippen LogP contribution in [0.15, 0.2) is 0 Å². The van der Waals surface area contributed by atoms with Gasteiger partial charge in [0.15, 0.2) is 0 Å². The SMILES string of the molecule is COCC(=O)N1CCNC(C)C1C. The Morgan fingerprint density at radius 3 is 2.92 bits per heavy atom. The van der Waals surface area contributed by atoms with Gasteiger partial charge < -0.3 is 15.0 Å². The second-order valence-electron chi connectivity index (χ2n) is 3.50. The second-order valence-corrected chi connectivity index (χ2v) is 3.50. The molecule has 0 aromatic rings. The van der Waals surface area contributed by atoms with Crippen LogP contribution in [0.2, 0.25) is 0 Å². The molecule has 0 aliphatic carbocycles. The molecule has 2 atom stereocenters. The van der Waals surface area contributed by atoms with Crippen molar-refractivity contribution in [1.29, 1.82) is 0 Å². The quantitative estimate of drug-likeness (QED) is 0.651. The van der Waals surface area contributed by atoms with Crippen LogP contribution in [0.1, 0.15) is 13.8 Å². The summed E-state index contributed by atoms with van der Waals surface area (Å²) in [6.45, 7) is 6.01.